The first-order valence-corrected chi connectivity index (χ1v) is 8.70. The van der Waals surface area contributed by atoms with E-state index in [2.05, 4.69) is 4.72 Å². The lowest BCUT2D eigenvalue weighted by atomic mass is 9.87. The van der Waals surface area contributed by atoms with Crippen molar-refractivity contribution in [1.82, 2.24) is 4.72 Å². The van der Waals surface area contributed by atoms with Crippen LogP contribution in [0.5, 0.6) is 0 Å². The summed E-state index contributed by atoms with van der Waals surface area (Å²) in [5.41, 5.74) is 0.512. The summed E-state index contributed by atoms with van der Waals surface area (Å²) in [7, 11) is -3.63. The Morgan fingerprint density at radius 3 is 2.24 bits per heavy atom. The highest BCUT2D eigenvalue weighted by Crippen LogP contribution is 2.26. The maximum absolute atomic E-state index is 12.5. The van der Waals surface area contributed by atoms with Crippen molar-refractivity contribution in [3.05, 3.63) is 29.3 Å². The van der Waals surface area contributed by atoms with E-state index < -0.39 is 15.6 Å². The number of sulfonamides is 1. The standard InChI is InChI=1S/C16H27NO3S/c1-7-16(6,18)11-17-21(19,20)14-10-13(15(3,4)5)9-8-12(14)2/h8-10,17-18H,7,11H2,1-6H3. The van der Waals surface area contributed by atoms with Crippen molar-refractivity contribution in [1.29, 1.82) is 0 Å². The van der Waals surface area contributed by atoms with Crippen LogP contribution >= 0.6 is 0 Å². The smallest absolute Gasteiger partial charge is 0.240 e. The minimum absolute atomic E-state index is 0.00498. The van der Waals surface area contributed by atoms with Crippen LogP contribution in [0.4, 0.5) is 0 Å². The predicted molar refractivity (Wildman–Crippen MR) is 86.0 cm³/mol. The van der Waals surface area contributed by atoms with Crippen LogP contribution in [0.25, 0.3) is 0 Å². The molecular weight excluding hydrogens is 286 g/mol. The summed E-state index contributed by atoms with van der Waals surface area (Å²) in [4.78, 5) is 0.279. The summed E-state index contributed by atoms with van der Waals surface area (Å²) in [5, 5.41) is 9.96. The Morgan fingerprint density at radius 2 is 1.76 bits per heavy atom. The van der Waals surface area contributed by atoms with Crippen LogP contribution in [-0.2, 0) is 15.4 Å². The number of hydrogen-bond acceptors (Lipinski definition) is 3. The number of hydrogen-bond donors (Lipinski definition) is 2. The van der Waals surface area contributed by atoms with Gasteiger partial charge >= 0.3 is 0 Å². The molecule has 1 atom stereocenters. The number of nitrogens with one attached hydrogen (secondary N) is 1. The zero-order valence-electron chi connectivity index (χ0n) is 13.8. The zero-order chi connectivity index (χ0) is 16.5. The molecule has 0 amide bonds. The van der Waals surface area contributed by atoms with E-state index in [0.29, 0.717) is 12.0 Å². The lowest BCUT2D eigenvalue weighted by molar-refractivity contribution is 0.0613. The lowest BCUT2D eigenvalue weighted by Gasteiger charge is -2.23. The molecule has 0 aliphatic rings. The van der Waals surface area contributed by atoms with Crippen LogP contribution in [0.1, 0.15) is 52.2 Å². The van der Waals surface area contributed by atoms with Crippen LogP contribution in [0, 0.1) is 6.92 Å². The highest BCUT2D eigenvalue weighted by Gasteiger charge is 2.25. The molecule has 0 bridgehead atoms. The monoisotopic (exact) mass is 313 g/mol. The van der Waals surface area contributed by atoms with E-state index in [1.165, 1.54) is 0 Å². The van der Waals surface area contributed by atoms with Gasteiger partial charge in [-0.2, -0.15) is 0 Å². The summed E-state index contributed by atoms with van der Waals surface area (Å²) in [6.45, 7) is 11.4. The highest BCUT2D eigenvalue weighted by atomic mass is 32.2. The summed E-state index contributed by atoms with van der Waals surface area (Å²) in [5.74, 6) is 0. The Morgan fingerprint density at radius 1 is 1.19 bits per heavy atom. The van der Waals surface area contributed by atoms with Crippen LogP contribution in [0.15, 0.2) is 23.1 Å². The third-order valence-electron chi connectivity index (χ3n) is 3.75. The molecule has 1 unspecified atom stereocenters. The molecule has 5 heteroatoms. The first-order valence-electron chi connectivity index (χ1n) is 7.22. The Kier molecular flexibility index (Phi) is 5.24. The van der Waals surface area contributed by atoms with E-state index in [-0.39, 0.29) is 16.9 Å². The van der Waals surface area contributed by atoms with Gasteiger partial charge < -0.3 is 5.11 Å². The Bertz CT molecular complexity index is 598. The van der Waals surface area contributed by atoms with Crippen LogP contribution in [0.2, 0.25) is 0 Å². The largest absolute Gasteiger partial charge is 0.389 e. The highest BCUT2D eigenvalue weighted by molar-refractivity contribution is 7.89. The topological polar surface area (TPSA) is 66.4 Å². The van der Waals surface area contributed by atoms with Crippen molar-refractivity contribution in [3.8, 4) is 0 Å². The number of aliphatic hydroxyl groups is 1. The molecule has 120 valence electrons. The van der Waals surface area contributed by atoms with Crippen molar-refractivity contribution < 1.29 is 13.5 Å². The average molecular weight is 313 g/mol. The maximum Gasteiger partial charge on any atom is 0.240 e. The third kappa shape index (κ3) is 4.80. The number of benzene rings is 1. The second-order valence-electron chi connectivity index (χ2n) is 6.91. The van der Waals surface area contributed by atoms with Crippen LogP contribution in [0.3, 0.4) is 0 Å². The van der Waals surface area contributed by atoms with E-state index in [0.717, 1.165) is 5.56 Å². The first kappa shape index (κ1) is 18.1. The molecule has 0 heterocycles. The molecular formula is C16H27NO3S. The van der Waals surface area contributed by atoms with Gasteiger partial charge in [-0.25, -0.2) is 13.1 Å². The normalized spacial score (nSPS) is 15.8. The fourth-order valence-corrected chi connectivity index (χ4v) is 3.24. The summed E-state index contributed by atoms with van der Waals surface area (Å²) in [6, 6.07) is 5.50. The zero-order valence-corrected chi connectivity index (χ0v) is 14.6. The molecule has 0 fully saturated rings. The van der Waals surface area contributed by atoms with Gasteiger partial charge in [0, 0.05) is 6.54 Å². The molecule has 0 saturated heterocycles. The van der Waals surface area contributed by atoms with Crippen molar-refractivity contribution in [2.45, 2.75) is 63.9 Å². The van der Waals surface area contributed by atoms with Crippen molar-refractivity contribution in [3.63, 3.8) is 0 Å². The van der Waals surface area contributed by atoms with Gasteiger partial charge in [0.15, 0.2) is 0 Å². The Hall–Kier alpha value is -0.910. The Labute approximate surface area is 128 Å². The average Bonchev–Trinajstić information content (AvgIpc) is 2.35. The summed E-state index contributed by atoms with van der Waals surface area (Å²) in [6.07, 6.45) is 0.483. The minimum Gasteiger partial charge on any atom is -0.389 e. The van der Waals surface area contributed by atoms with Gasteiger partial charge in [-0.3, -0.25) is 0 Å². The predicted octanol–water partition coefficient (Wildman–Crippen LogP) is 2.73. The third-order valence-corrected chi connectivity index (χ3v) is 5.29. The van der Waals surface area contributed by atoms with Gasteiger partial charge in [-0.1, -0.05) is 39.8 Å². The van der Waals surface area contributed by atoms with Crippen molar-refractivity contribution in [2.24, 2.45) is 0 Å². The molecule has 0 aromatic heterocycles. The minimum atomic E-state index is -3.63. The maximum atomic E-state index is 12.5. The molecule has 0 aliphatic heterocycles. The molecule has 1 rings (SSSR count). The molecule has 4 nitrogen and oxygen atoms in total. The molecule has 0 aliphatic carbocycles. The van der Waals surface area contributed by atoms with E-state index in [1.807, 2.05) is 39.8 Å². The van der Waals surface area contributed by atoms with Crippen LogP contribution in [-0.4, -0.2) is 25.7 Å². The van der Waals surface area contributed by atoms with E-state index in [9.17, 15) is 13.5 Å². The molecule has 1 aromatic carbocycles. The lowest BCUT2D eigenvalue weighted by Crippen LogP contribution is -2.40. The quantitative estimate of drug-likeness (QED) is 0.878. The van der Waals surface area contributed by atoms with Gasteiger partial charge in [0.25, 0.3) is 0 Å². The SMILES string of the molecule is CCC(C)(O)CNS(=O)(=O)c1cc(C(C)(C)C)ccc1C. The van der Waals surface area contributed by atoms with E-state index in [1.54, 1.807) is 19.9 Å². The van der Waals surface area contributed by atoms with Gasteiger partial charge in [0.05, 0.1) is 10.5 Å². The molecule has 0 saturated carbocycles. The fourth-order valence-electron chi connectivity index (χ4n) is 1.81. The van der Waals surface area contributed by atoms with Gasteiger partial charge in [0.1, 0.15) is 0 Å². The van der Waals surface area contributed by atoms with E-state index >= 15 is 0 Å². The second-order valence-corrected chi connectivity index (χ2v) is 8.64. The van der Waals surface area contributed by atoms with Gasteiger partial charge in [-0.05, 0) is 42.9 Å². The molecule has 1 aromatic rings. The van der Waals surface area contributed by atoms with Gasteiger partial charge in [0.2, 0.25) is 10.0 Å². The number of aryl methyl sites for hydroxylation is 1. The van der Waals surface area contributed by atoms with Gasteiger partial charge in [-0.15, -0.1) is 0 Å². The summed E-state index contributed by atoms with van der Waals surface area (Å²) >= 11 is 0. The molecule has 0 spiro atoms. The second kappa shape index (κ2) is 6.07. The summed E-state index contributed by atoms with van der Waals surface area (Å²) < 4.78 is 27.5. The van der Waals surface area contributed by atoms with E-state index in [4.69, 9.17) is 0 Å². The number of rotatable bonds is 5. The molecule has 2 N–H and O–H groups in total. The Balaban J connectivity index is 3.14. The van der Waals surface area contributed by atoms with Crippen LogP contribution < -0.4 is 4.72 Å². The van der Waals surface area contributed by atoms with Crippen molar-refractivity contribution >= 4 is 10.0 Å². The van der Waals surface area contributed by atoms with Crippen molar-refractivity contribution in [2.75, 3.05) is 6.54 Å². The first-order chi connectivity index (χ1) is 9.39. The molecule has 0 radical (unpaired) electrons. The fraction of sp³-hybridized carbons (Fsp3) is 0.625. The molecule has 21 heavy (non-hydrogen) atoms.